The van der Waals surface area contributed by atoms with Gasteiger partial charge in [0.25, 0.3) is 0 Å². The first kappa shape index (κ1) is 35.6. The molecule has 4 nitrogen and oxygen atoms in total. The van der Waals surface area contributed by atoms with Gasteiger partial charge in [-0.15, -0.1) is 0 Å². The summed E-state index contributed by atoms with van der Waals surface area (Å²) in [4.78, 5) is 3.86. The number of aromatic nitrogens is 2. The third-order valence-corrected chi connectivity index (χ3v) is 11.5. The van der Waals surface area contributed by atoms with Gasteiger partial charge in [-0.05, 0) is 128 Å². The van der Waals surface area contributed by atoms with E-state index < -0.39 is 11.7 Å². The van der Waals surface area contributed by atoms with Crippen molar-refractivity contribution in [2.45, 2.75) is 40.8 Å². The molecule has 0 spiro atoms. The largest absolute Gasteiger partial charge is 0.417 e. The number of hydrogen-bond donors (Lipinski definition) is 0. The Morgan fingerprint density at radius 2 is 1.07 bits per heavy atom. The van der Waals surface area contributed by atoms with E-state index in [9.17, 15) is 5.26 Å². The first-order valence-corrected chi connectivity index (χ1v) is 18.7. The molecule has 9 rings (SSSR count). The number of rotatable bonds is 4. The smallest absolute Gasteiger partial charge is 0.309 e. The van der Waals surface area contributed by atoms with Gasteiger partial charge in [0, 0.05) is 27.1 Å². The number of alkyl halides is 3. The Labute approximate surface area is 328 Å². The fourth-order valence-electron chi connectivity index (χ4n) is 8.83. The number of fused-ring (bicyclic) bond motifs is 6. The zero-order valence-corrected chi connectivity index (χ0v) is 32.0. The molecular formula is C50H35F3N4. The van der Waals surface area contributed by atoms with Gasteiger partial charge < -0.3 is 9.13 Å². The van der Waals surface area contributed by atoms with Crippen LogP contribution < -0.4 is 0 Å². The summed E-state index contributed by atoms with van der Waals surface area (Å²) in [5, 5.41) is 14.2. The van der Waals surface area contributed by atoms with E-state index in [0.29, 0.717) is 33.5 Å². The Morgan fingerprint density at radius 1 is 0.561 bits per heavy atom. The molecule has 0 aliphatic carbocycles. The van der Waals surface area contributed by atoms with Crippen molar-refractivity contribution >= 4 is 49.3 Å². The number of halogens is 3. The molecule has 0 amide bonds. The van der Waals surface area contributed by atoms with Gasteiger partial charge in [0.05, 0.1) is 57.2 Å². The monoisotopic (exact) mass is 748 g/mol. The fraction of sp³-hybridized carbons (Fsp3) is 0.120. The van der Waals surface area contributed by atoms with Crippen LogP contribution in [0.4, 0.5) is 18.9 Å². The molecule has 9 aromatic rings. The van der Waals surface area contributed by atoms with Gasteiger partial charge in [-0.2, -0.15) is 18.4 Å². The Kier molecular flexibility index (Phi) is 8.12. The summed E-state index contributed by atoms with van der Waals surface area (Å²) in [6.07, 6.45) is -4.73. The lowest BCUT2D eigenvalue weighted by Gasteiger charge is -2.24. The molecule has 0 aliphatic heterocycles. The van der Waals surface area contributed by atoms with Gasteiger partial charge in [0.1, 0.15) is 0 Å². The predicted octanol–water partition coefficient (Wildman–Crippen LogP) is 14.2. The molecule has 0 saturated carbocycles. The quantitative estimate of drug-likeness (QED) is 0.165. The average molecular weight is 749 g/mol. The SMILES string of the molecule is [C-]#[N+]c1ccc(-n2c3ccccc3c3ccc(C)cc32)c(-c2cc(-c3c(C)c(C)c(C#N)c(C)c3C(F)(F)F)ccc2-n2c3ccccc3c3ccc(C)cc32)c1. The standard InChI is InChI=1S/C50H35F3N4/c1-28-15-19-37-35-11-7-9-13-42(35)56(46(37)23-28)44-21-17-33(48-31(4)30(3)41(27-54)32(5)49(48)50(51,52)53)25-39(44)40-26-34(55-6)18-22-45(40)57-43-14-10-8-12-36(43)38-20-16-29(2)24-47(38)57/h7-26H,1-5H3. The maximum Gasteiger partial charge on any atom is 0.417 e. The van der Waals surface area contributed by atoms with Gasteiger partial charge in [-0.3, -0.25) is 0 Å². The van der Waals surface area contributed by atoms with E-state index in [1.165, 1.54) is 6.92 Å². The molecule has 7 heteroatoms. The second-order valence-electron chi connectivity index (χ2n) is 14.9. The van der Waals surface area contributed by atoms with Crippen molar-refractivity contribution in [3.8, 4) is 39.7 Å². The number of aryl methyl sites for hydroxylation is 2. The second kappa shape index (κ2) is 13.0. The molecule has 0 fully saturated rings. The van der Waals surface area contributed by atoms with Crippen LogP contribution in [0.5, 0.6) is 0 Å². The van der Waals surface area contributed by atoms with Gasteiger partial charge in [0.15, 0.2) is 5.69 Å². The molecular weight excluding hydrogens is 714 g/mol. The van der Waals surface area contributed by atoms with E-state index in [-0.39, 0.29) is 16.7 Å². The van der Waals surface area contributed by atoms with Crippen LogP contribution in [0, 0.1) is 52.5 Å². The maximum absolute atomic E-state index is 15.3. The zero-order valence-electron chi connectivity index (χ0n) is 32.0. The lowest BCUT2D eigenvalue weighted by Crippen LogP contribution is -2.14. The molecule has 2 heterocycles. The van der Waals surface area contributed by atoms with Crippen molar-refractivity contribution in [2.75, 3.05) is 0 Å². The van der Waals surface area contributed by atoms with E-state index in [1.54, 1.807) is 26.0 Å². The molecule has 276 valence electrons. The van der Waals surface area contributed by atoms with Crippen LogP contribution in [0.3, 0.4) is 0 Å². The molecule has 0 radical (unpaired) electrons. The summed E-state index contributed by atoms with van der Waals surface area (Å²) >= 11 is 0. The first-order chi connectivity index (χ1) is 27.4. The Balaban J connectivity index is 1.48. The van der Waals surface area contributed by atoms with E-state index in [1.807, 2.05) is 61.5 Å². The third-order valence-electron chi connectivity index (χ3n) is 11.5. The van der Waals surface area contributed by atoms with Crippen molar-refractivity contribution in [3.63, 3.8) is 0 Å². The lowest BCUT2D eigenvalue weighted by atomic mass is 9.84. The highest BCUT2D eigenvalue weighted by molar-refractivity contribution is 6.12. The van der Waals surface area contributed by atoms with Crippen molar-refractivity contribution in [1.82, 2.24) is 9.13 Å². The van der Waals surface area contributed by atoms with Crippen LogP contribution in [0.15, 0.2) is 121 Å². The minimum absolute atomic E-state index is 0.0368. The van der Waals surface area contributed by atoms with Crippen LogP contribution >= 0.6 is 0 Å². The minimum Gasteiger partial charge on any atom is -0.309 e. The van der Waals surface area contributed by atoms with Crippen molar-refractivity contribution in [1.29, 1.82) is 5.26 Å². The molecule has 7 aromatic carbocycles. The summed E-state index contributed by atoms with van der Waals surface area (Å²) in [6, 6.07) is 42.2. The summed E-state index contributed by atoms with van der Waals surface area (Å²) in [5.41, 5.74) is 9.71. The molecule has 0 unspecified atom stereocenters. The zero-order chi connectivity index (χ0) is 39.9. The number of hydrogen-bond acceptors (Lipinski definition) is 1. The van der Waals surface area contributed by atoms with E-state index in [0.717, 1.165) is 66.1 Å². The number of benzene rings is 7. The first-order valence-electron chi connectivity index (χ1n) is 18.7. The van der Waals surface area contributed by atoms with Gasteiger partial charge >= 0.3 is 6.18 Å². The molecule has 0 N–H and O–H groups in total. The van der Waals surface area contributed by atoms with Crippen molar-refractivity contribution in [3.05, 3.63) is 172 Å². The van der Waals surface area contributed by atoms with Crippen LogP contribution in [0.2, 0.25) is 0 Å². The van der Waals surface area contributed by atoms with Gasteiger partial charge in [-0.25, -0.2) is 4.85 Å². The maximum atomic E-state index is 15.3. The highest BCUT2D eigenvalue weighted by Crippen LogP contribution is 2.47. The van der Waals surface area contributed by atoms with Crippen LogP contribution in [-0.2, 0) is 6.18 Å². The molecule has 0 aliphatic rings. The highest BCUT2D eigenvalue weighted by Gasteiger charge is 2.38. The average Bonchev–Trinajstić information content (AvgIpc) is 3.70. The third kappa shape index (κ3) is 5.42. The summed E-state index contributed by atoms with van der Waals surface area (Å²) in [7, 11) is 0. The summed E-state index contributed by atoms with van der Waals surface area (Å²) in [5.74, 6) is 0. The Hall–Kier alpha value is -7.09. The van der Waals surface area contributed by atoms with Gasteiger partial charge in [0.2, 0.25) is 0 Å². The normalized spacial score (nSPS) is 11.8. The number of nitriles is 1. The van der Waals surface area contributed by atoms with Crippen molar-refractivity contribution in [2.24, 2.45) is 0 Å². The molecule has 0 bridgehead atoms. The fourth-order valence-corrected chi connectivity index (χ4v) is 8.83. The molecule has 57 heavy (non-hydrogen) atoms. The predicted molar refractivity (Wildman–Crippen MR) is 226 cm³/mol. The minimum atomic E-state index is -4.73. The van der Waals surface area contributed by atoms with E-state index in [4.69, 9.17) is 6.57 Å². The second-order valence-corrected chi connectivity index (χ2v) is 14.9. The summed E-state index contributed by atoms with van der Waals surface area (Å²) < 4.78 is 50.2. The van der Waals surface area contributed by atoms with Crippen LogP contribution in [-0.4, -0.2) is 9.13 Å². The van der Waals surface area contributed by atoms with Gasteiger partial charge in [-0.1, -0.05) is 72.8 Å². The van der Waals surface area contributed by atoms with E-state index >= 15 is 13.2 Å². The lowest BCUT2D eigenvalue weighted by molar-refractivity contribution is -0.137. The molecule has 0 atom stereocenters. The summed E-state index contributed by atoms with van der Waals surface area (Å²) in [6.45, 7) is 17.0. The highest BCUT2D eigenvalue weighted by atomic mass is 19.4. The number of para-hydroxylation sites is 2. The van der Waals surface area contributed by atoms with Crippen molar-refractivity contribution < 1.29 is 13.2 Å². The molecule has 2 aromatic heterocycles. The molecule has 0 saturated heterocycles. The Morgan fingerprint density at radius 3 is 1.60 bits per heavy atom. The Bertz CT molecular complexity index is 3250. The van der Waals surface area contributed by atoms with Crippen LogP contribution in [0.1, 0.15) is 38.9 Å². The topological polar surface area (TPSA) is 38.0 Å². The van der Waals surface area contributed by atoms with Crippen LogP contribution in [0.25, 0.3) is 82.1 Å². The number of nitrogens with zero attached hydrogens (tertiary/aromatic N) is 4. The van der Waals surface area contributed by atoms with E-state index in [2.05, 4.69) is 81.6 Å².